The fourth-order valence-electron chi connectivity index (χ4n) is 6.09. The van der Waals surface area contributed by atoms with Gasteiger partial charge in [0.2, 0.25) is 7.12 Å². The second-order valence-corrected chi connectivity index (χ2v) is 13.4. The van der Waals surface area contributed by atoms with Crippen LogP contribution in [-0.2, 0) is 15.4 Å². The third kappa shape index (κ3) is 9.61. The normalized spacial score (nSPS) is 17.9. The van der Waals surface area contributed by atoms with Gasteiger partial charge in [-0.1, -0.05) is 75.4 Å². The van der Waals surface area contributed by atoms with Crippen LogP contribution in [0.15, 0.2) is 84.6 Å². The van der Waals surface area contributed by atoms with Crippen molar-refractivity contribution in [3.8, 4) is 6.07 Å². The van der Waals surface area contributed by atoms with Crippen molar-refractivity contribution in [2.24, 2.45) is 0 Å². The molecule has 0 amide bonds. The number of halogens is 1. The van der Waals surface area contributed by atoms with Crippen LogP contribution in [0.4, 0.5) is 11.4 Å². The summed E-state index contributed by atoms with van der Waals surface area (Å²) in [5, 5.41) is 12.1. The fraction of sp³-hybridized carbons (Fsp3) is 0.459. The topological polar surface area (TPSA) is 79.7 Å². The molecule has 0 aliphatic carbocycles. The Balaban J connectivity index is 0.00000139. The monoisotopic (exact) mass is 653 g/mol. The van der Waals surface area contributed by atoms with Crippen LogP contribution in [-0.4, -0.2) is 54.7 Å². The van der Waals surface area contributed by atoms with E-state index >= 15 is 0 Å². The second kappa shape index (κ2) is 18.4. The van der Waals surface area contributed by atoms with E-state index in [1.165, 1.54) is 33.9 Å². The second-order valence-electron chi connectivity index (χ2n) is 12.2. The Morgan fingerprint density at radius 1 is 0.978 bits per heavy atom. The molecule has 0 saturated carbocycles. The van der Waals surface area contributed by atoms with Gasteiger partial charge in [0.05, 0.1) is 18.1 Å². The van der Waals surface area contributed by atoms with E-state index in [9.17, 15) is 4.89 Å². The van der Waals surface area contributed by atoms with Gasteiger partial charge in [-0.25, -0.2) is 0 Å². The maximum absolute atomic E-state index is 9.54. The quantitative estimate of drug-likeness (QED) is 0.126. The van der Waals surface area contributed by atoms with Gasteiger partial charge < -0.3 is 31.8 Å². The molecule has 2 N–H and O–H groups in total. The first-order valence-corrected chi connectivity index (χ1v) is 17.4. The van der Waals surface area contributed by atoms with E-state index in [1.807, 2.05) is 13.0 Å². The third-order valence-electron chi connectivity index (χ3n) is 8.32. The molecular formula is C37H51ClN3O3P. The lowest BCUT2D eigenvalue weighted by Crippen LogP contribution is -3.00. The van der Waals surface area contributed by atoms with E-state index in [4.69, 9.17) is 11.2 Å². The number of anilines is 1. The van der Waals surface area contributed by atoms with Crippen molar-refractivity contribution in [3.63, 3.8) is 0 Å². The van der Waals surface area contributed by atoms with Crippen LogP contribution in [0.25, 0.3) is 0 Å². The van der Waals surface area contributed by atoms with E-state index < -0.39 is 8.38 Å². The molecule has 1 atom stereocenters. The van der Waals surface area contributed by atoms with Gasteiger partial charge >= 0.3 is 0 Å². The first-order chi connectivity index (χ1) is 21.6. The predicted octanol–water partition coefficient (Wildman–Crippen LogP) is 5.28. The Bertz CT molecular complexity index is 1430. The molecule has 8 heteroatoms. The largest absolute Gasteiger partial charge is 1.00 e. The number of nitrogens with zero attached hydrogens (tertiary/aromatic N) is 3. The van der Waals surface area contributed by atoms with Crippen LogP contribution < -0.4 is 17.3 Å². The van der Waals surface area contributed by atoms with Gasteiger partial charge in [-0.15, -0.1) is 0 Å². The first kappa shape index (κ1) is 36.7. The summed E-state index contributed by atoms with van der Waals surface area (Å²) in [5.41, 5.74) is 7.64. The molecular weight excluding hydrogens is 601 g/mol. The van der Waals surface area contributed by atoms with E-state index in [0.717, 1.165) is 38.8 Å². The van der Waals surface area contributed by atoms with Crippen molar-refractivity contribution in [1.82, 2.24) is 0 Å². The minimum absolute atomic E-state index is 0. The van der Waals surface area contributed by atoms with E-state index in [0.29, 0.717) is 19.6 Å². The minimum atomic E-state index is -1.33. The highest BCUT2D eigenvalue weighted by Crippen LogP contribution is 2.47. The summed E-state index contributed by atoms with van der Waals surface area (Å²) < 4.78 is 14.8. The average Bonchev–Trinajstić information content (AvgIpc) is 3.37. The maximum Gasteiger partial charge on any atom is 0.210 e. The number of hydrogen-bond acceptors (Lipinski definition) is 5. The van der Waals surface area contributed by atoms with Crippen LogP contribution >= 0.6 is 8.38 Å². The Labute approximate surface area is 280 Å². The first-order valence-electron chi connectivity index (χ1n) is 16.2. The molecule has 4 rings (SSSR count). The highest BCUT2D eigenvalue weighted by atomic mass is 35.5. The van der Waals surface area contributed by atoms with Gasteiger partial charge in [-0.2, -0.15) is 9.84 Å². The smallest absolute Gasteiger partial charge is 0.210 e. The molecule has 0 radical (unpaired) electrons. The number of unbranched alkanes of at least 4 members (excludes halogenated alkanes) is 2. The molecule has 2 aliphatic rings. The van der Waals surface area contributed by atoms with Crippen molar-refractivity contribution in [1.29, 1.82) is 6.69 Å². The van der Waals surface area contributed by atoms with Gasteiger partial charge in [0.25, 0.3) is 0 Å². The SMILES string of the molecule is CCC#N.[3H]OCCCCCN1C(=CC=CC=CC2=[N+](CCCOP(C)O)c3ccccc3C2(C)C)C(C)(C)c2ccccc21.[Cl-]. The summed E-state index contributed by atoms with van der Waals surface area (Å²) in [6.45, 7) is 15.6. The predicted molar refractivity (Wildman–Crippen MR) is 185 cm³/mol. The third-order valence-corrected chi connectivity index (χ3v) is 8.87. The van der Waals surface area contributed by atoms with Crippen molar-refractivity contribution >= 4 is 25.5 Å². The molecule has 6 nitrogen and oxygen atoms in total. The lowest BCUT2D eigenvalue weighted by molar-refractivity contribution is -0.438. The summed E-state index contributed by atoms with van der Waals surface area (Å²) >= 11 is 0. The zero-order valence-corrected chi connectivity index (χ0v) is 29.5. The van der Waals surface area contributed by atoms with Crippen molar-refractivity contribution in [2.75, 3.05) is 37.9 Å². The summed E-state index contributed by atoms with van der Waals surface area (Å²) in [6, 6.07) is 19.3. The number of fused-ring (bicyclic) bond motifs is 2. The highest BCUT2D eigenvalue weighted by molar-refractivity contribution is 7.45. The molecule has 0 spiro atoms. The van der Waals surface area contributed by atoms with Crippen LogP contribution in [0.1, 0.15) is 77.8 Å². The Morgan fingerprint density at radius 2 is 1.67 bits per heavy atom. The average molecular weight is 654 g/mol. The minimum Gasteiger partial charge on any atom is -1.00 e. The molecule has 0 saturated heterocycles. The number of hydrogen-bond donors (Lipinski definition) is 2. The zero-order valence-electron chi connectivity index (χ0n) is 28.8. The van der Waals surface area contributed by atoms with Crippen molar-refractivity contribution in [2.45, 2.75) is 77.6 Å². The summed E-state index contributed by atoms with van der Waals surface area (Å²) in [6.07, 6.45) is 15.5. The molecule has 0 bridgehead atoms. The molecule has 2 aliphatic heterocycles. The van der Waals surface area contributed by atoms with Crippen molar-refractivity contribution in [3.05, 3.63) is 95.7 Å². The lowest BCUT2D eigenvalue weighted by Gasteiger charge is -2.27. The van der Waals surface area contributed by atoms with E-state index in [-0.39, 0.29) is 23.2 Å². The van der Waals surface area contributed by atoms with Gasteiger partial charge in [-0.3, -0.25) is 0 Å². The van der Waals surface area contributed by atoms with Crippen LogP contribution in [0, 0.1) is 11.3 Å². The standard InChI is InChI=1S/C34H46N2O3P.C3H5N.ClH/c1-33(2)27-17-10-12-19-29(27)35(23-14-7-15-25-37)31(33)21-8-6-9-22-32-34(3,4)28-18-11-13-20-30(28)36(32)24-16-26-39-40(5)38;1-2-3-4;/h6,8-13,17-22,37-38H,7,14-16,23-26H2,1-5H3;2H2,1H3;1H/q+1;;/p-1/i37T;;. The summed E-state index contributed by atoms with van der Waals surface area (Å²) in [4.78, 5) is 12.0. The van der Waals surface area contributed by atoms with Crippen molar-refractivity contribution < 1.29 is 31.5 Å². The van der Waals surface area contributed by atoms with E-state index in [2.05, 4.69) is 121 Å². The molecule has 2 aromatic carbocycles. The zero-order chi connectivity index (χ0) is 32.9. The Morgan fingerprint density at radius 3 is 2.36 bits per heavy atom. The van der Waals surface area contributed by atoms with Gasteiger partial charge in [0.15, 0.2) is 20.6 Å². The summed E-state index contributed by atoms with van der Waals surface area (Å²) in [7, 11) is -1.33. The summed E-state index contributed by atoms with van der Waals surface area (Å²) in [5.74, 6) is 0. The van der Waals surface area contributed by atoms with Gasteiger partial charge in [-0.05, 0) is 50.8 Å². The number of rotatable bonds is 14. The fourth-order valence-corrected chi connectivity index (χ4v) is 6.48. The molecule has 2 heterocycles. The number of allylic oxidation sites excluding steroid dienone is 6. The molecule has 2 aromatic rings. The molecule has 45 heavy (non-hydrogen) atoms. The number of aliphatic hydroxyl groups excluding tert-OH is 1. The van der Waals surface area contributed by atoms with Crippen LogP contribution in [0.3, 0.4) is 0 Å². The molecule has 0 fully saturated rings. The van der Waals surface area contributed by atoms with Crippen LogP contribution in [0.2, 0.25) is 0 Å². The molecule has 244 valence electrons. The highest BCUT2D eigenvalue weighted by Gasteiger charge is 2.44. The number of nitriles is 1. The molecule has 0 aromatic heterocycles. The van der Waals surface area contributed by atoms with Crippen LogP contribution in [0.5, 0.6) is 0 Å². The number of benzene rings is 2. The van der Waals surface area contributed by atoms with Gasteiger partial charge in [0, 0.05) is 67.2 Å². The number of para-hydroxylation sites is 2. The molecule has 1 unspecified atom stereocenters. The Kier molecular flexibility index (Phi) is 15.0. The number of aliphatic hydroxyl groups is 1. The lowest BCUT2D eigenvalue weighted by atomic mass is 9.81. The maximum atomic E-state index is 9.54. The Hall–Kier alpha value is -2.78. The van der Waals surface area contributed by atoms with E-state index in [1.54, 1.807) is 6.66 Å². The van der Waals surface area contributed by atoms with Gasteiger partial charge in [0.1, 0.15) is 0 Å².